The van der Waals surface area contributed by atoms with E-state index >= 15 is 0 Å². The second-order valence-corrected chi connectivity index (χ2v) is 15.4. The smallest absolute Gasteiger partial charge is 0.261 e. The third kappa shape index (κ3) is 5.05. The lowest BCUT2D eigenvalue weighted by Gasteiger charge is -2.47. The van der Waals surface area contributed by atoms with Crippen LogP contribution in [0.3, 0.4) is 0 Å². The first-order chi connectivity index (χ1) is 18.8. The molecule has 0 spiro atoms. The van der Waals surface area contributed by atoms with Crippen molar-refractivity contribution in [2.45, 2.75) is 44.4 Å². The zero-order valence-electron chi connectivity index (χ0n) is 22.9. The van der Waals surface area contributed by atoms with Gasteiger partial charge in [-0.05, 0) is 21.8 Å². The summed E-state index contributed by atoms with van der Waals surface area (Å²) in [6.45, 7) is 7.97. The van der Waals surface area contributed by atoms with Gasteiger partial charge >= 0.3 is 0 Å². The molecule has 1 aliphatic carbocycles. The molecule has 0 bridgehead atoms. The first kappa shape index (κ1) is 27.3. The number of nitrogens with zero attached hydrogens (tertiary/aromatic N) is 4. The predicted octanol–water partition coefficient (Wildman–Crippen LogP) is 2.93. The molecule has 4 aromatic rings. The van der Waals surface area contributed by atoms with Crippen LogP contribution in [0, 0.1) is 5.92 Å². The molecule has 0 aliphatic heterocycles. The molecule has 3 atom stereocenters. The van der Waals surface area contributed by atoms with Gasteiger partial charge in [0.15, 0.2) is 11.2 Å². The van der Waals surface area contributed by atoms with Gasteiger partial charge in [-0.25, -0.2) is 4.98 Å². The molecule has 206 valence electrons. The maximum atomic E-state index is 11.3. The van der Waals surface area contributed by atoms with Crippen molar-refractivity contribution in [3.8, 4) is 5.88 Å². The van der Waals surface area contributed by atoms with E-state index in [4.69, 9.17) is 19.6 Å². The number of aliphatic hydroxyl groups is 1. The summed E-state index contributed by atoms with van der Waals surface area (Å²) in [5, 5.41) is 13.6. The first-order valence-corrected chi connectivity index (χ1v) is 15.2. The van der Waals surface area contributed by atoms with E-state index in [2.05, 4.69) is 84.3 Å². The van der Waals surface area contributed by atoms with Gasteiger partial charge in [0.25, 0.3) is 8.32 Å². The molecule has 1 fully saturated rings. The Hall–Kier alpha value is -3.31. The number of fused-ring (bicyclic) bond motifs is 1. The molecule has 0 saturated heterocycles. The third-order valence-electron chi connectivity index (χ3n) is 7.64. The Labute approximate surface area is 230 Å². The molecular weight excluding hydrogens is 510 g/mol. The van der Waals surface area contributed by atoms with Gasteiger partial charge in [-0.2, -0.15) is 9.97 Å². The zero-order chi connectivity index (χ0) is 27.6. The number of nitrogens with two attached hydrogens (primary N) is 1. The average molecular weight is 548 g/mol. The highest BCUT2D eigenvalue weighted by molar-refractivity contribution is 6.99. The van der Waals surface area contributed by atoms with Gasteiger partial charge in [-0.3, -0.25) is 0 Å². The van der Waals surface area contributed by atoms with Gasteiger partial charge in [0.2, 0.25) is 11.8 Å². The Morgan fingerprint density at radius 1 is 1.00 bits per heavy atom. The van der Waals surface area contributed by atoms with Gasteiger partial charge < -0.3 is 29.3 Å². The predicted molar refractivity (Wildman–Crippen MR) is 154 cm³/mol. The van der Waals surface area contributed by atoms with E-state index in [1.807, 2.05) is 16.7 Å². The fourth-order valence-electron chi connectivity index (χ4n) is 5.62. The molecule has 2 aromatic heterocycles. The Morgan fingerprint density at radius 3 is 2.21 bits per heavy atom. The molecule has 0 amide bonds. The minimum absolute atomic E-state index is 0.0225. The molecule has 0 radical (unpaired) electrons. The van der Waals surface area contributed by atoms with Gasteiger partial charge in [0.05, 0.1) is 25.1 Å². The topological polar surface area (TPSA) is 118 Å². The highest BCUT2D eigenvalue weighted by atomic mass is 28.4. The fourth-order valence-corrected chi connectivity index (χ4v) is 10.2. The van der Waals surface area contributed by atoms with E-state index in [1.165, 1.54) is 10.4 Å². The van der Waals surface area contributed by atoms with Crippen molar-refractivity contribution >= 4 is 35.8 Å². The number of anilines is 1. The number of benzene rings is 2. The van der Waals surface area contributed by atoms with Crippen LogP contribution in [-0.2, 0) is 9.16 Å². The molecule has 1 aliphatic rings. The van der Waals surface area contributed by atoms with Crippen LogP contribution in [0.4, 0.5) is 5.95 Å². The summed E-state index contributed by atoms with van der Waals surface area (Å²) >= 11 is 0. The van der Waals surface area contributed by atoms with Gasteiger partial charge in [0, 0.05) is 19.6 Å². The first-order valence-electron chi connectivity index (χ1n) is 13.3. The van der Waals surface area contributed by atoms with Crippen LogP contribution in [0.25, 0.3) is 11.2 Å². The van der Waals surface area contributed by atoms with Crippen molar-refractivity contribution < 1.29 is 19.0 Å². The van der Waals surface area contributed by atoms with E-state index < -0.39 is 14.4 Å². The maximum absolute atomic E-state index is 11.3. The van der Waals surface area contributed by atoms with Crippen molar-refractivity contribution in [3.63, 3.8) is 0 Å². The monoisotopic (exact) mass is 547 g/mol. The molecule has 10 heteroatoms. The fraction of sp³-hybridized carbons (Fsp3) is 0.414. The molecule has 39 heavy (non-hydrogen) atoms. The molecule has 5 rings (SSSR count). The third-order valence-corrected chi connectivity index (χ3v) is 12.6. The highest BCUT2D eigenvalue weighted by Gasteiger charge is 2.52. The number of hydrogen-bond donors (Lipinski definition) is 2. The molecule has 3 N–H and O–H groups in total. The van der Waals surface area contributed by atoms with E-state index in [1.54, 1.807) is 13.4 Å². The van der Waals surface area contributed by atoms with Crippen molar-refractivity contribution in [3.05, 3.63) is 67.0 Å². The number of imidazole rings is 1. The van der Waals surface area contributed by atoms with Crippen molar-refractivity contribution in [1.82, 2.24) is 19.5 Å². The van der Waals surface area contributed by atoms with Crippen LogP contribution in [0.2, 0.25) is 5.04 Å². The standard InChI is InChI=1S/C29H37N5O4Si/c1-29(2,3)39(21-11-7-5-8-12-21,22-13-9-6-10-14-22)38-18-20-17-23(25(20)35)34-19-31-24-26(34)32-28(30)33-27(24)37-16-15-36-4/h5-14,19-20,23,25,35H,15-18H2,1-4H3,(H2,30,32,33)/t20-,23-,25-/m1/s1. The Morgan fingerprint density at radius 2 is 1.64 bits per heavy atom. The lowest BCUT2D eigenvalue weighted by Crippen LogP contribution is -2.67. The number of ether oxygens (including phenoxy) is 2. The van der Waals surface area contributed by atoms with Gasteiger partial charge in [-0.1, -0.05) is 81.4 Å². The number of methoxy groups -OCH3 is 1. The molecule has 1 saturated carbocycles. The zero-order valence-corrected chi connectivity index (χ0v) is 23.9. The second-order valence-electron chi connectivity index (χ2n) is 11.1. The normalized spacial score (nSPS) is 19.7. The van der Waals surface area contributed by atoms with Crippen LogP contribution in [0.1, 0.15) is 33.2 Å². The van der Waals surface area contributed by atoms with Gasteiger partial charge in [-0.15, -0.1) is 0 Å². The van der Waals surface area contributed by atoms with Gasteiger partial charge in [0.1, 0.15) is 6.61 Å². The van der Waals surface area contributed by atoms with Crippen LogP contribution in [0.5, 0.6) is 5.88 Å². The number of rotatable bonds is 10. The lowest BCUT2D eigenvalue weighted by molar-refractivity contribution is -0.0520. The molecule has 2 heterocycles. The number of aromatic nitrogens is 4. The van der Waals surface area contributed by atoms with Crippen LogP contribution in [0.15, 0.2) is 67.0 Å². The number of nitrogen functional groups attached to an aromatic ring is 1. The van der Waals surface area contributed by atoms with Crippen LogP contribution >= 0.6 is 0 Å². The van der Waals surface area contributed by atoms with E-state index in [0.717, 1.165) is 6.42 Å². The summed E-state index contributed by atoms with van der Waals surface area (Å²) in [6, 6.07) is 20.9. The van der Waals surface area contributed by atoms with E-state index in [0.29, 0.717) is 36.9 Å². The van der Waals surface area contributed by atoms with E-state index in [-0.39, 0.29) is 22.9 Å². The Balaban J connectivity index is 1.38. The Bertz CT molecular complexity index is 1350. The summed E-state index contributed by atoms with van der Waals surface area (Å²) < 4.78 is 19.7. The number of aliphatic hydroxyl groups excluding tert-OH is 1. The lowest BCUT2D eigenvalue weighted by atomic mass is 9.77. The molecular formula is C29H37N5O4Si. The van der Waals surface area contributed by atoms with Crippen molar-refractivity contribution in [1.29, 1.82) is 0 Å². The second kappa shape index (κ2) is 11.0. The van der Waals surface area contributed by atoms with Crippen molar-refractivity contribution in [2.75, 3.05) is 32.7 Å². The summed E-state index contributed by atoms with van der Waals surface area (Å²) in [5.41, 5.74) is 7.03. The van der Waals surface area contributed by atoms with E-state index in [9.17, 15) is 5.11 Å². The van der Waals surface area contributed by atoms with Crippen molar-refractivity contribution in [2.24, 2.45) is 5.92 Å². The molecule has 9 nitrogen and oxygen atoms in total. The molecule has 0 unspecified atom stereocenters. The quantitative estimate of drug-likeness (QED) is 0.230. The minimum atomic E-state index is -2.68. The largest absolute Gasteiger partial charge is 0.474 e. The average Bonchev–Trinajstić information content (AvgIpc) is 3.33. The summed E-state index contributed by atoms with van der Waals surface area (Å²) in [7, 11) is -1.08. The maximum Gasteiger partial charge on any atom is 0.261 e. The highest BCUT2D eigenvalue weighted by Crippen LogP contribution is 2.43. The van der Waals surface area contributed by atoms with Crippen LogP contribution in [-0.4, -0.2) is 66.0 Å². The summed E-state index contributed by atoms with van der Waals surface area (Å²) in [5.74, 6) is 0.386. The Kier molecular flexibility index (Phi) is 7.72. The molecule has 2 aromatic carbocycles. The number of hydrogen-bond acceptors (Lipinski definition) is 8. The van der Waals surface area contributed by atoms with Crippen LogP contribution < -0.4 is 20.8 Å². The SMILES string of the molecule is COCCOc1nc(N)nc2c1ncn2[C@@H]1C[C@H](CO[Si](c2ccccc2)(c2ccccc2)C(C)(C)C)[C@H]1O. The minimum Gasteiger partial charge on any atom is -0.474 e. The summed E-state index contributed by atoms with van der Waals surface area (Å²) in [6.07, 6.45) is 1.79. The summed E-state index contributed by atoms with van der Waals surface area (Å²) in [4.78, 5) is 13.1.